The van der Waals surface area contributed by atoms with Gasteiger partial charge in [-0.25, -0.2) is 4.79 Å². The Bertz CT molecular complexity index is 466. The molecule has 0 spiro atoms. The van der Waals surface area contributed by atoms with Crippen molar-refractivity contribution in [2.24, 2.45) is 0 Å². The monoisotopic (exact) mass is 306 g/mol. The Hall–Kier alpha value is -1.71. The minimum atomic E-state index is -0.492. The largest absolute Gasteiger partial charge is 0.444 e. The predicted molar refractivity (Wildman–Crippen MR) is 93.5 cm³/mol. The van der Waals surface area contributed by atoms with Gasteiger partial charge in [0.05, 0.1) is 0 Å². The highest BCUT2D eigenvalue weighted by atomic mass is 16.6. The second kappa shape index (κ2) is 8.66. The molecule has 0 aliphatic carbocycles. The quantitative estimate of drug-likeness (QED) is 0.662. The van der Waals surface area contributed by atoms with Gasteiger partial charge in [-0.15, -0.1) is 0 Å². The molecule has 1 unspecified atom stereocenters. The van der Waals surface area contributed by atoms with E-state index in [-0.39, 0.29) is 0 Å². The average Bonchev–Trinajstić information content (AvgIpc) is 2.36. The summed E-state index contributed by atoms with van der Waals surface area (Å²) in [7, 11) is 0. The Kier molecular flexibility index (Phi) is 7.22. The van der Waals surface area contributed by atoms with Gasteiger partial charge in [0, 0.05) is 17.4 Å². The highest BCUT2D eigenvalue weighted by molar-refractivity contribution is 5.85. The first-order chi connectivity index (χ1) is 10.3. The SMILES string of the molecule is CCCCCC(C)Nc1cccc(NC(=O)OC(C)(C)C)c1. The zero-order valence-corrected chi connectivity index (χ0v) is 14.5. The normalized spacial score (nSPS) is 12.6. The molecular weight excluding hydrogens is 276 g/mol. The molecule has 0 saturated carbocycles. The highest BCUT2D eigenvalue weighted by Crippen LogP contribution is 2.18. The number of carbonyl (C=O) groups is 1. The summed E-state index contributed by atoms with van der Waals surface area (Å²) in [6.45, 7) is 9.95. The maximum atomic E-state index is 11.8. The Morgan fingerprint density at radius 3 is 2.55 bits per heavy atom. The van der Waals surface area contributed by atoms with Gasteiger partial charge in [0.25, 0.3) is 0 Å². The molecule has 0 heterocycles. The molecule has 124 valence electrons. The number of hydrogen-bond donors (Lipinski definition) is 2. The molecule has 1 aromatic rings. The van der Waals surface area contributed by atoms with Crippen molar-refractivity contribution in [2.45, 2.75) is 71.9 Å². The fraction of sp³-hybridized carbons (Fsp3) is 0.611. The number of nitrogens with one attached hydrogen (secondary N) is 2. The van der Waals surface area contributed by atoms with Gasteiger partial charge in [0.1, 0.15) is 5.60 Å². The summed E-state index contributed by atoms with van der Waals surface area (Å²) in [4.78, 5) is 11.8. The number of carbonyl (C=O) groups excluding carboxylic acids is 1. The van der Waals surface area contributed by atoms with Crippen molar-refractivity contribution >= 4 is 17.5 Å². The summed E-state index contributed by atoms with van der Waals surface area (Å²) in [6, 6.07) is 8.14. The van der Waals surface area contributed by atoms with Gasteiger partial charge in [-0.3, -0.25) is 5.32 Å². The zero-order chi connectivity index (χ0) is 16.6. The third-order valence-electron chi connectivity index (χ3n) is 3.16. The van der Waals surface area contributed by atoms with E-state index in [1.54, 1.807) is 0 Å². The molecule has 0 saturated heterocycles. The van der Waals surface area contributed by atoms with Crippen molar-refractivity contribution in [3.8, 4) is 0 Å². The molecule has 4 heteroatoms. The molecule has 0 bridgehead atoms. The fourth-order valence-electron chi connectivity index (χ4n) is 2.17. The van der Waals surface area contributed by atoms with E-state index in [4.69, 9.17) is 4.74 Å². The van der Waals surface area contributed by atoms with Crippen LogP contribution < -0.4 is 10.6 Å². The molecule has 0 radical (unpaired) electrons. The lowest BCUT2D eigenvalue weighted by molar-refractivity contribution is 0.0636. The molecular formula is C18H30N2O2. The van der Waals surface area contributed by atoms with E-state index < -0.39 is 11.7 Å². The minimum absolute atomic E-state index is 0.420. The lowest BCUT2D eigenvalue weighted by Crippen LogP contribution is -2.27. The van der Waals surface area contributed by atoms with Gasteiger partial charge < -0.3 is 10.1 Å². The van der Waals surface area contributed by atoms with Crippen molar-refractivity contribution in [3.05, 3.63) is 24.3 Å². The number of anilines is 2. The Labute approximate surface area is 134 Å². The fourth-order valence-corrected chi connectivity index (χ4v) is 2.17. The van der Waals surface area contributed by atoms with E-state index in [2.05, 4.69) is 24.5 Å². The van der Waals surface area contributed by atoms with Crippen molar-refractivity contribution in [1.82, 2.24) is 0 Å². The number of ether oxygens (including phenoxy) is 1. The molecule has 4 nitrogen and oxygen atoms in total. The number of amides is 1. The Morgan fingerprint density at radius 2 is 1.91 bits per heavy atom. The lowest BCUT2D eigenvalue weighted by Gasteiger charge is -2.20. The number of unbranched alkanes of at least 4 members (excludes halogenated alkanes) is 2. The van der Waals surface area contributed by atoms with E-state index in [0.717, 1.165) is 17.8 Å². The maximum absolute atomic E-state index is 11.8. The predicted octanol–water partition coefficient (Wildman–Crippen LogP) is 5.41. The minimum Gasteiger partial charge on any atom is -0.444 e. The molecule has 0 aliphatic rings. The van der Waals surface area contributed by atoms with Crippen LogP contribution in [0.5, 0.6) is 0 Å². The van der Waals surface area contributed by atoms with Crippen LogP contribution in [0.2, 0.25) is 0 Å². The third kappa shape index (κ3) is 7.91. The number of rotatable bonds is 7. The highest BCUT2D eigenvalue weighted by Gasteiger charge is 2.16. The van der Waals surface area contributed by atoms with Gasteiger partial charge in [-0.05, 0) is 52.3 Å². The van der Waals surface area contributed by atoms with E-state index in [9.17, 15) is 4.79 Å². The molecule has 0 aromatic heterocycles. The third-order valence-corrected chi connectivity index (χ3v) is 3.16. The molecule has 1 rings (SSSR count). The Morgan fingerprint density at radius 1 is 1.23 bits per heavy atom. The van der Waals surface area contributed by atoms with E-state index in [0.29, 0.717) is 6.04 Å². The summed E-state index contributed by atoms with van der Waals surface area (Å²) in [6.07, 6.45) is 4.47. The van der Waals surface area contributed by atoms with Crippen LogP contribution in [0.3, 0.4) is 0 Å². The van der Waals surface area contributed by atoms with Crippen molar-refractivity contribution < 1.29 is 9.53 Å². The summed E-state index contributed by atoms with van der Waals surface area (Å²) in [5.41, 5.74) is 1.26. The first-order valence-electron chi connectivity index (χ1n) is 8.17. The number of benzene rings is 1. The van der Waals surface area contributed by atoms with Crippen LogP contribution in [0.1, 0.15) is 60.3 Å². The van der Waals surface area contributed by atoms with E-state index >= 15 is 0 Å². The van der Waals surface area contributed by atoms with Crippen molar-refractivity contribution in [1.29, 1.82) is 0 Å². The zero-order valence-electron chi connectivity index (χ0n) is 14.5. The maximum Gasteiger partial charge on any atom is 0.412 e. The van der Waals surface area contributed by atoms with Crippen LogP contribution in [0.4, 0.5) is 16.2 Å². The van der Waals surface area contributed by atoms with Crippen LogP contribution in [-0.4, -0.2) is 17.7 Å². The number of hydrogen-bond acceptors (Lipinski definition) is 3. The topological polar surface area (TPSA) is 50.4 Å². The molecule has 2 N–H and O–H groups in total. The van der Waals surface area contributed by atoms with Crippen LogP contribution >= 0.6 is 0 Å². The average molecular weight is 306 g/mol. The summed E-state index contributed by atoms with van der Waals surface area (Å²) >= 11 is 0. The molecule has 1 amide bonds. The molecule has 0 aliphatic heterocycles. The van der Waals surface area contributed by atoms with Crippen molar-refractivity contribution in [2.75, 3.05) is 10.6 Å². The lowest BCUT2D eigenvalue weighted by atomic mass is 10.1. The van der Waals surface area contributed by atoms with Crippen LogP contribution in [-0.2, 0) is 4.74 Å². The van der Waals surface area contributed by atoms with Gasteiger partial charge in [0.15, 0.2) is 0 Å². The summed E-state index contributed by atoms with van der Waals surface area (Å²) in [5, 5.41) is 6.23. The van der Waals surface area contributed by atoms with Crippen LogP contribution in [0.15, 0.2) is 24.3 Å². The summed E-state index contributed by atoms with van der Waals surface area (Å²) < 4.78 is 5.26. The Balaban J connectivity index is 2.53. The molecule has 1 aromatic carbocycles. The standard InChI is InChI=1S/C18H30N2O2/c1-6-7-8-10-14(2)19-15-11-9-12-16(13-15)20-17(21)22-18(3,4)5/h9,11-14,19H,6-8,10H2,1-5H3,(H,20,21). The van der Waals surface area contributed by atoms with Gasteiger partial charge in [-0.2, -0.15) is 0 Å². The van der Waals surface area contributed by atoms with Gasteiger partial charge >= 0.3 is 6.09 Å². The first kappa shape index (κ1) is 18.3. The van der Waals surface area contributed by atoms with Gasteiger partial charge in [-0.1, -0.05) is 32.3 Å². The molecule has 22 heavy (non-hydrogen) atoms. The van der Waals surface area contributed by atoms with Crippen LogP contribution in [0.25, 0.3) is 0 Å². The first-order valence-corrected chi connectivity index (χ1v) is 8.17. The van der Waals surface area contributed by atoms with Crippen LogP contribution in [0, 0.1) is 0 Å². The van der Waals surface area contributed by atoms with E-state index in [1.807, 2.05) is 45.0 Å². The van der Waals surface area contributed by atoms with Gasteiger partial charge in [0.2, 0.25) is 0 Å². The molecule has 1 atom stereocenters. The summed E-state index contributed by atoms with van der Waals surface area (Å²) in [5.74, 6) is 0. The second-order valence-corrected chi connectivity index (χ2v) is 6.75. The smallest absolute Gasteiger partial charge is 0.412 e. The molecule has 0 fully saturated rings. The van der Waals surface area contributed by atoms with E-state index in [1.165, 1.54) is 19.3 Å². The van der Waals surface area contributed by atoms with Crippen molar-refractivity contribution in [3.63, 3.8) is 0 Å². The second-order valence-electron chi connectivity index (χ2n) is 6.75.